The number of benzene rings is 3. The number of hydrogen-bond donors (Lipinski definition) is 1. The van der Waals surface area contributed by atoms with E-state index >= 15 is 0 Å². The van der Waals surface area contributed by atoms with E-state index in [4.69, 9.17) is 14.2 Å². The monoisotopic (exact) mass is 421 g/mol. The minimum atomic E-state index is 0.0335. The number of carbonyl (C=O) groups excluding carboxylic acids is 1. The fraction of sp³-hybridized carbons (Fsp3) is 0.320. The first kappa shape index (κ1) is 21.0. The van der Waals surface area contributed by atoms with Gasteiger partial charge in [-0.1, -0.05) is 36.4 Å². The van der Waals surface area contributed by atoms with Crippen LogP contribution in [0, 0.1) is 0 Å². The normalized spacial score (nSPS) is 14.5. The molecule has 0 saturated carbocycles. The van der Waals surface area contributed by atoms with Crippen LogP contribution in [0.5, 0.6) is 17.2 Å². The number of nitrogens with zero attached hydrogens (tertiary/aromatic N) is 1. The molecule has 0 bridgehead atoms. The van der Waals surface area contributed by atoms with Gasteiger partial charge in [-0.2, -0.15) is 0 Å². The average molecular weight is 422 g/mol. The Bertz CT molecular complexity index is 1040. The van der Waals surface area contributed by atoms with Crippen molar-refractivity contribution in [3.8, 4) is 17.2 Å². The number of methoxy groups -OCH3 is 2. The Labute approximate surface area is 182 Å². The number of hydrogen-bond acceptors (Lipinski definition) is 4. The molecule has 1 aliphatic heterocycles. The second kappa shape index (κ2) is 9.71. The van der Waals surface area contributed by atoms with Gasteiger partial charge in [0.25, 0.3) is 5.91 Å². The molecule has 1 heterocycles. The molecule has 4 rings (SSSR count). The SMILES string of the molecule is COc1cccc(C[NH+]2CCN(C(=O)COc3ccc4ccccc4c3)CC2)c1OC. The number of para-hydroxylation sites is 1. The van der Waals surface area contributed by atoms with Crippen molar-refractivity contribution >= 4 is 16.7 Å². The first-order chi connectivity index (χ1) is 15.2. The van der Waals surface area contributed by atoms with E-state index in [-0.39, 0.29) is 12.5 Å². The summed E-state index contributed by atoms with van der Waals surface area (Å²) in [7, 11) is 3.32. The Hall–Kier alpha value is -3.25. The lowest BCUT2D eigenvalue weighted by Crippen LogP contribution is -3.13. The third-order valence-corrected chi connectivity index (χ3v) is 5.83. The van der Waals surface area contributed by atoms with Gasteiger partial charge in [-0.15, -0.1) is 0 Å². The molecule has 1 N–H and O–H groups in total. The molecule has 0 aromatic heterocycles. The van der Waals surface area contributed by atoms with Crippen molar-refractivity contribution in [3.63, 3.8) is 0 Å². The predicted molar refractivity (Wildman–Crippen MR) is 120 cm³/mol. The maximum absolute atomic E-state index is 12.6. The summed E-state index contributed by atoms with van der Waals surface area (Å²) in [5, 5.41) is 2.27. The van der Waals surface area contributed by atoms with Crippen molar-refractivity contribution in [2.24, 2.45) is 0 Å². The van der Waals surface area contributed by atoms with Gasteiger partial charge < -0.3 is 24.0 Å². The summed E-state index contributed by atoms with van der Waals surface area (Å²) >= 11 is 0. The van der Waals surface area contributed by atoms with E-state index in [0.717, 1.165) is 66.3 Å². The number of fused-ring (bicyclic) bond motifs is 1. The lowest BCUT2D eigenvalue weighted by molar-refractivity contribution is -0.917. The number of quaternary nitrogens is 1. The Kier molecular flexibility index (Phi) is 6.57. The van der Waals surface area contributed by atoms with Crippen LogP contribution in [0.25, 0.3) is 10.8 Å². The third-order valence-electron chi connectivity index (χ3n) is 5.83. The van der Waals surface area contributed by atoms with E-state index in [1.807, 2.05) is 53.4 Å². The smallest absolute Gasteiger partial charge is 0.260 e. The topological polar surface area (TPSA) is 52.4 Å². The number of carbonyl (C=O) groups is 1. The van der Waals surface area contributed by atoms with Gasteiger partial charge in [-0.05, 0) is 35.0 Å². The molecule has 31 heavy (non-hydrogen) atoms. The minimum Gasteiger partial charge on any atom is -0.493 e. The molecule has 6 nitrogen and oxygen atoms in total. The highest BCUT2D eigenvalue weighted by Gasteiger charge is 2.25. The fourth-order valence-corrected chi connectivity index (χ4v) is 4.10. The maximum atomic E-state index is 12.6. The average Bonchev–Trinajstić information content (AvgIpc) is 2.82. The summed E-state index contributed by atoms with van der Waals surface area (Å²) in [5.41, 5.74) is 1.12. The molecule has 1 fully saturated rings. The van der Waals surface area contributed by atoms with Gasteiger partial charge in [0.15, 0.2) is 18.1 Å². The van der Waals surface area contributed by atoms with Gasteiger partial charge in [0, 0.05) is 0 Å². The highest BCUT2D eigenvalue weighted by atomic mass is 16.5. The van der Waals surface area contributed by atoms with Crippen molar-refractivity contribution in [2.75, 3.05) is 47.0 Å². The Morgan fingerprint density at radius 1 is 0.935 bits per heavy atom. The van der Waals surface area contributed by atoms with Gasteiger partial charge in [0.2, 0.25) is 0 Å². The zero-order valence-corrected chi connectivity index (χ0v) is 18.1. The van der Waals surface area contributed by atoms with Gasteiger partial charge in [-0.25, -0.2) is 0 Å². The van der Waals surface area contributed by atoms with Crippen LogP contribution >= 0.6 is 0 Å². The van der Waals surface area contributed by atoms with E-state index in [9.17, 15) is 4.79 Å². The van der Waals surface area contributed by atoms with Crippen LogP contribution < -0.4 is 19.1 Å². The Morgan fingerprint density at radius 3 is 2.45 bits per heavy atom. The predicted octanol–water partition coefficient (Wildman–Crippen LogP) is 2.16. The van der Waals surface area contributed by atoms with Crippen molar-refractivity contribution in [3.05, 3.63) is 66.2 Å². The van der Waals surface area contributed by atoms with Gasteiger partial charge in [0.1, 0.15) is 12.3 Å². The zero-order chi connectivity index (χ0) is 21.6. The summed E-state index contributed by atoms with van der Waals surface area (Å²) in [6.45, 7) is 4.14. The number of piperazine rings is 1. The molecule has 0 unspecified atom stereocenters. The van der Waals surface area contributed by atoms with Crippen LogP contribution in [0.1, 0.15) is 5.56 Å². The lowest BCUT2D eigenvalue weighted by atomic mass is 10.1. The van der Waals surface area contributed by atoms with E-state index in [2.05, 4.69) is 12.1 Å². The van der Waals surface area contributed by atoms with Gasteiger partial charge >= 0.3 is 0 Å². The summed E-state index contributed by atoms with van der Waals surface area (Å²) in [6, 6.07) is 20.0. The maximum Gasteiger partial charge on any atom is 0.260 e. The third kappa shape index (κ3) is 4.91. The van der Waals surface area contributed by atoms with Crippen LogP contribution in [-0.4, -0.2) is 57.8 Å². The molecule has 6 heteroatoms. The summed E-state index contributed by atoms with van der Waals surface area (Å²) < 4.78 is 16.7. The van der Waals surface area contributed by atoms with Crippen LogP contribution in [0.2, 0.25) is 0 Å². The molecule has 1 aliphatic rings. The molecule has 0 aliphatic carbocycles. The second-order valence-corrected chi connectivity index (χ2v) is 7.76. The number of ether oxygens (including phenoxy) is 3. The highest BCUT2D eigenvalue weighted by molar-refractivity contribution is 5.84. The van der Waals surface area contributed by atoms with Gasteiger partial charge in [0.05, 0.1) is 46.0 Å². The van der Waals surface area contributed by atoms with Crippen molar-refractivity contribution in [2.45, 2.75) is 6.54 Å². The molecular weight excluding hydrogens is 392 g/mol. The van der Waals surface area contributed by atoms with Crippen molar-refractivity contribution in [1.29, 1.82) is 0 Å². The lowest BCUT2D eigenvalue weighted by Gasteiger charge is -2.32. The summed E-state index contributed by atoms with van der Waals surface area (Å²) in [5.74, 6) is 2.30. The van der Waals surface area contributed by atoms with E-state index in [1.165, 1.54) is 4.90 Å². The molecule has 0 atom stereocenters. The number of rotatable bonds is 7. The van der Waals surface area contributed by atoms with E-state index in [0.29, 0.717) is 0 Å². The fourth-order valence-electron chi connectivity index (χ4n) is 4.10. The summed E-state index contributed by atoms with van der Waals surface area (Å²) in [4.78, 5) is 16.0. The summed E-state index contributed by atoms with van der Waals surface area (Å²) in [6.07, 6.45) is 0. The molecule has 3 aromatic rings. The number of nitrogens with one attached hydrogen (secondary N) is 1. The van der Waals surface area contributed by atoms with Crippen LogP contribution in [0.15, 0.2) is 60.7 Å². The van der Waals surface area contributed by atoms with E-state index < -0.39 is 0 Å². The van der Waals surface area contributed by atoms with Crippen molar-refractivity contribution in [1.82, 2.24) is 4.90 Å². The quantitative estimate of drug-likeness (QED) is 0.635. The number of amides is 1. The zero-order valence-electron chi connectivity index (χ0n) is 18.1. The Morgan fingerprint density at radius 2 is 1.71 bits per heavy atom. The first-order valence-electron chi connectivity index (χ1n) is 10.6. The first-order valence-corrected chi connectivity index (χ1v) is 10.6. The van der Waals surface area contributed by atoms with Crippen molar-refractivity contribution < 1.29 is 23.9 Å². The van der Waals surface area contributed by atoms with Crippen LogP contribution in [0.4, 0.5) is 0 Å². The van der Waals surface area contributed by atoms with Gasteiger partial charge in [-0.3, -0.25) is 4.79 Å². The van der Waals surface area contributed by atoms with Crippen LogP contribution in [-0.2, 0) is 11.3 Å². The van der Waals surface area contributed by atoms with E-state index in [1.54, 1.807) is 14.2 Å². The molecule has 0 spiro atoms. The second-order valence-electron chi connectivity index (χ2n) is 7.76. The molecule has 162 valence electrons. The van der Waals surface area contributed by atoms with Crippen LogP contribution in [0.3, 0.4) is 0 Å². The molecule has 1 amide bonds. The molecule has 1 saturated heterocycles. The highest BCUT2D eigenvalue weighted by Crippen LogP contribution is 2.30. The standard InChI is InChI=1S/C25H28N2O4/c1-29-23-9-5-8-21(25(23)30-2)17-26-12-14-27(15-13-26)24(28)18-31-22-11-10-19-6-3-4-7-20(19)16-22/h3-11,16H,12-15,17-18H2,1-2H3/p+1. The largest absolute Gasteiger partial charge is 0.493 e. The minimum absolute atomic E-state index is 0.0335. The Balaban J connectivity index is 1.29. The molecule has 3 aromatic carbocycles. The molecule has 0 radical (unpaired) electrons. The molecular formula is C25H29N2O4+.